The Morgan fingerprint density at radius 2 is 1.93 bits per heavy atom. The number of alkyl halides is 1. The lowest BCUT2D eigenvalue weighted by atomic mass is 9.84. The van der Waals surface area contributed by atoms with Crippen molar-refractivity contribution in [2.45, 2.75) is 39.0 Å². The molecule has 0 amide bonds. The van der Waals surface area contributed by atoms with Crippen molar-refractivity contribution in [3.63, 3.8) is 0 Å². The van der Waals surface area contributed by atoms with E-state index in [1.54, 1.807) is 0 Å². The SMILES string of the molecule is CCC1(CNS(=O)(=O)CCCl)CCCC1. The topological polar surface area (TPSA) is 46.2 Å². The Hall–Kier alpha value is 0.200. The second kappa shape index (κ2) is 5.51. The molecule has 1 aliphatic rings. The highest BCUT2D eigenvalue weighted by atomic mass is 35.5. The Balaban J connectivity index is 2.47. The fraction of sp³-hybridized carbons (Fsp3) is 1.00. The lowest BCUT2D eigenvalue weighted by Crippen LogP contribution is -2.37. The van der Waals surface area contributed by atoms with Crippen LogP contribution in [0.15, 0.2) is 0 Å². The number of nitrogens with one attached hydrogen (secondary N) is 1. The Kier molecular flexibility index (Phi) is 4.87. The van der Waals surface area contributed by atoms with Gasteiger partial charge in [0.25, 0.3) is 0 Å². The third kappa shape index (κ3) is 3.93. The van der Waals surface area contributed by atoms with E-state index in [-0.39, 0.29) is 17.0 Å². The molecule has 5 heteroatoms. The summed E-state index contributed by atoms with van der Waals surface area (Å²) in [5.74, 6) is 0.183. The van der Waals surface area contributed by atoms with Crippen LogP contribution in [0.2, 0.25) is 0 Å². The average Bonchev–Trinajstić information content (AvgIpc) is 2.64. The summed E-state index contributed by atoms with van der Waals surface area (Å²) in [6.45, 7) is 2.73. The largest absolute Gasteiger partial charge is 0.215 e. The number of hydrogen-bond donors (Lipinski definition) is 1. The van der Waals surface area contributed by atoms with Gasteiger partial charge >= 0.3 is 0 Å². The predicted octanol–water partition coefficient (Wildman–Crippen LogP) is 2.12. The fourth-order valence-corrected chi connectivity index (χ4v) is 3.70. The van der Waals surface area contributed by atoms with E-state index >= 15 is 0 Å². The summed E-state index contributed by atoms with van der Waals surface area (Å²) >= 11 is 5.43. The van der Waals surface area contributed by atoms with Crippen LogP contribution in [0.3, 0.4) is 0 Å². The van der Waals surface area contributed by atoms with Crippen LogP contribution in [0.25, 0.3) is 0 Å². The molecule has 90 valence electrons. The molecule has 3 nitrogen and oxygen atoms in total. The van der Waals surface area contributed by atoms with Crippen LogP contribution in [-0.4, -0.2) is 26.6 Å². The minimum Gasteiger partial charge on any atom is -0.215 e. The number of sulfonamides is 1. The van der Waals surface area contributed by atoms with E-state index in [0.717, 1.165) is 19.3 Å². The predicted molar refractivity (Wildman–Crippen MR) is 63.7 cm³/mol. The van der Waals surface area contributed by atoms with Crippen molar-refractivity contribution < 1.29 is 8.42 Å². The van der Waals surface area contributed by atoms with Crippen molar-refractivity contribution in [1.82, 2.24) is 4.72 Å². The van der Waals surface area contributed by atoms with E-state index in [1.165, 1.54) is 12.8 Å². The Morgan fingerprint density at radius 1 is 1.33 bits per heavy atom. The smallest absolute Gasteiger partial charge is 0.212 e. The molecular weight excluding hydrogens is 234 g/mol. The molecule has 1 saturated carbocycles. The molecule has 0 saturated heterocycles. The number of hydrogen-bond acceptors (Lipinski definition) is 2. The highest BCUT2D eigenvalue weighted by Gasteiger charge is 2.32. The van der Waals surface area contributed by atoms with Gasteiger partial charge in [0.05, 0.1) is 5.75 Å². The van der Waals surface area contributed by atoms with Gasteiger partial charge < -0.3 is 0 Å². The molecule has 15 heavy (non-hydrogen) atoms. The minimum atomic E-state index is -3.15. The molecular formula is C10H20ClNO2S. The summed E-state index contributed by atoms with van der Waals surface area (Å²) in [6, 6.07) is 0. The quantitative estimate of drug-likeness (QED) is 0.737. The van der Waals surface area contributed by atoms with Gasteiger partial charge in [0.15, 0.2) is 0 Å². The minimum absolute atomic E-state index is 0.0222. The summed E-state index contributed by atoms with van der Waals surface area (Å²) in [6.07, 6.45) is 5.80. The first kappa shape index (κ1) is 13.3. The van der Waals surface area contributed by atoms with Crippen LogP contribution >= 0.6 is 11.6 Å². The summed E-state index contributed by atoms with van der Waals surface area (Å²) in [7, 11) is -3.15. The summed E-state index contributed by atoms with van der Waals surface area (Å²) in [5, 5.41) is 0. The van der Waals surface area contributed by atoms with Crippen molar-refractivity contribution in [3.05, 3.63) is 0 Å². The zero-order valence-corrected chi connectivity index (χ0v) is 10.8. The maximum Gasteiger partial charge on any atom is 0.212 e. The lowest BCUT2D eigenvalue weighted by molar-refractivity contribution is 0.286. The number of halogens is 1. The van der Waals surface area contributed by atoms with Crippen LogP contribution < -0.4 is 4.72 Å². The van der Waals surface area contributed by atoms with Crippen LogP contribution in [0.4, 0.5) is 0 Å². The molecule has 0 aromatic rings. The Morgan fingerprint density at radius 3 is 2.40 bits per heavy atom. The van der Waals surface area contributed by atoms with Gasteiger partial charge in [-0.25, -0.2) is 13.1 Å². The van der Waals surface area contributed by atoms with E-state index < -0.39 is 10.0 Å². The highest BCUT2D eigenvalue weighted by Crippen LogP contribution is 2.40. The standard InChI is InChI=1S/C10H20ClNO2S/c1-2-10(5-3-4-6-10)9-12-15(13,14)8-7-11/h12H,2-9H2,1H3. The van der Waals surface area contributed by atoms with Crippen molar-refractivity contribution in [2.75, 3.05) is 18.2 Å². The molecule has 0 aromatic carbocycles. The van der Waals surface area contributed by atoms with Crippen molar-refractivity contribution in [1.29, 1.82) is 0 Å². The molecule has 1 rings (SSSR count). The summed E-state index contributed by atoms with van der Waals surface area (Å²) in [4.78, 5) is 0. The first-order valence-corrected chi connectivity index (χ1v) is 7.76. The van der Waals surface area contributed by atoms with E-state index in [2.05, 4.69) is 11.6 Å². The fourth-order valence-electron chi connectivity index (χ4n) is 2.22. The van der Waals surface area contributed by atoms with Gasteiger partial charge in [0.2, 0.25) is 10.0 Å². The number of rotatable bonds is 6. The first-order chi connectivity index (χ1) is 7.04. The monoisotopic (exact) mass is 253 g/mol. The molecule has 0 unspecified atom stereocenters. The van der Waals surface area contributed by atoms with Gasteiger partial charge in [0, 0.05) is 12.4 Å². The van der Waals surface area contributed by atoms with Gasteiger partial charge in [-0.1, -0.05) is 19.8 Å². The van der Waals surface area contributed by atoms with Crippen molar-refractivity contribution in [3.8, 4) is 0 Å². The van der Waals surface area contributed by atoms with Gasteiger partial charge in [-0.3, -0.25) is 0 Å². The lowest BCUT2D eigenvalue weighted by Gasteiger charge is -2.27. The molecule has 1 fully saturated rings. The molecule has 1 aliphatic carbocycles. The molecule has 1 N–H and O–H groups in total. The maximum absolute atomic E-state index is 11.4. The van der Waals surface area contributed by atoms with Gasteiger partial charge in [0.1, 0.15) is 0 Å². The molecule has 0 bridgehead atoms. The van der Waals surface area contributed by atoms with Crippen LogP contribution in [0.5, 0.6) is 0 Å². The third-order valence-corrected chi connectivity index (χ3v) is 5.17. The normalized spacial score (nSPS) is 20.7. The first-order valence-electron chi connectivity index (χ1n) is 5.57. The maximum atomic E-state index is 11.4. The zero-order valence-electron chi connectivity index (χ0n) is 9.26. The van der Waals surface area contributed by atoms with E-state index in [0.29, 0.717) is 6.54 Å². The summed E-state index contributed by atoms with van der Waals surface area (Å²) in [5.41, 5.74) is 0.208. The highest BCUT2D eigenvalue weighted by molar-refractivity contribution is 7.89. The molecule has 0 heterocycles. The molecule has 0 aromatic heterocycles. The van der Waals surface area contributed by atoms with Crippen molar-refractivity contribution in [2.24, 2.45) is 5.41 Å². The van der Waals surface area contributed by atoms with Crippen molar-refractivity contribution >= 4 is 21.6 Å². The zero-order chi connectivity index (χ0) is 11.4. The Bertz CT molecular complexity index is 284. The van der Waals surface area contributed by atoms with Crippen LogP contribution in [0, 0.1) is 5.41 Å². The van der Waals surface area contributed by atoms with E-state index in [4.69, 9.17) is 11.6 Å². The van der Waals surface area contributed by atoms with E-state index in [9.17, 15) is 8.42 Å². The molecule has 0 spiro atoms. The van der Waals surface area contributed by atoms with Gasteiger partial charge in [-0.05, 0) is 24.7 Å². The van der Waals surface area contributed by atoms with Gasteiger partial charge in [-0.15, -0.1) is 11.6 Å². The van der Waals surface area contributed by atoms with E-state index in [1.807, 2.05) is 0 Å². The molecule has 0 atom stereocenters. The van der Waals surface area contributed by atoms with Crippen LogP contribution in [-0.2, 0) is 10.0 Å². The van der Waals surface area contributed by atoms with Gasteiger partial charge in [-0.2, -0.15) is 0 Å². The molecule has 0 radical (unpaired) electrons. The average molecular weight is 254 g/mol. The second-order valence-corrected chi connectivity index (χ2v) is 6.69. The Labute approximate surface area is 97.6 Å². The molecule has 0 aliphatic heterocycles. The summed E-state index contributed by atoms with van der Waals surface area (Å²) < 4.78 is 25.6. The third-order valence-electron chi connectivity index (χ3n) is 3.43. The van der Waals surface area contributed by atoms with Crippen LogP contribution in [0.1, 0.15) is 39.0 Å². The second-order valence-electron chi connectivity index (χ2n) is 4.39.